The number of benzene rings is 4. The highest BCUT2D eigenvalue weighted by molar-refractivity contribution is 5.96. The number of fused-ring (bicyclic) bond motifs is 1. The molecule has 44 heavy (non-hydrogen) atoms. The Morgan fingerprint density at radius 1 is 0.568 bits per heavy atom. The van der Waals surface area contributed by atoms with Crippen LogP contribution < -0.4 is 0 Å². The van der Waals surface area contributed by atoms with Crippen molar-refractivity contribution in [3.05, 3.63) is 94.0 Å². The Bertz CT molecular complexity index is 1520. The van der Waals surface area contributed by atoms with E-state index >= 15 is 0 Å². The van der Waals surface area contributed by atoms with Gasteiger partial charge in [-0.2, -0.15) is 0 Å². The fourth-order valence-corrected chi connectivity index (χ4v) is 5.47. The van der Waals surface area contributed by atoms with Gasteiger partial charge in [0, 0.05) is 23.6 Å². The maximum absolute atomic E-state index is 11.2. The van der Waals surface area contributed by atoms with Crippen LogP contribution >= 0.6 is 0 Å². The van der Waals surface area contributed by atoms with E-state index in [4.69, 9.17) is 9.98 Å². The SMILES string of the molecule is CC(C)CCc1cc(C=Nc2cc3ccccc3cc2N=Cc2cc(CCC(C)C)cc(C(C)C)c2O)c(O)c(C(C)C)c1. The maximum Gasteiger partial charge on any atom is 0.127 e. The van der Waals surface area contributed by atoms with Gasteiger partial charge in [-0.05, 0) is 107 Å². The molecule has 0 spiro atoms. The predicted octanol–water partition coefficient (Wildman–Crippen LogP) is 11.2. The van der Waals surface area contributed by atoms with E-state index in [1.54, 1.807) is 12.4 Å². The summed E-state index contributed by atoms with van der Waals surface area (Å²) < 4.78 is 0. The van der Waals surface area contributed by atoms with Gasteiger partial charge in [-0.15, -0.1) is 0 Å². The standard InChI is InChI=1S/C40H50N2O2/c1-25(2)13-15-29-17-33(39(43)35(19-29)27(5)6)23-41-37-21-31-11-9-10-12-32(31)22-38(37)42-24-34-18-30(16-14-26(3)4)20-36(28(7)8)40(34)44/h9-12,17-28,43-44H,13-16H2,1-8H3. The summed E-state index contributed by atoms with van der Waals surface area (Å²) >= 11 is 0. The summed E-state index contributed by atoms with van der Waals surface area (Å²) in [5, 5.41) is 24.5. The van der Waals surface area contributed by atoms with Crippen molar-refractivity contribution in [2.45, 2.75) is 92.9 Å². The van der Waals surface area contributed by atoms with Gasteiger partial charge in [0.15, 0.2) is 0 Å². The minimum atomic E-state index is 0.196. The number of hydrogen-bond acceptors (Lipinski definition) is 4. The lowest BCUT2D eigenvalue weighted by molar-refractivity contribution is 0.463. The van der Waals surface area contributed by atoms with Crippen LogP contribution in [0.15, 0.2) is 70.6 Å². The number of aromatic hydroxyl groups is 2. The molecule has 0 amide bonds. The van der Waals surface area contributed by atoms with Gasteiger partial charge in [0.2, 0.25) is 0 Å². The molecule has 0 aliphatic heterocycles. The van der Waals surface area contributed by atoms with Crippen LogP contribution in [0.25, 0.3) is 10.8 Å². The zero-order valence-electron chi connectivity index (χ0n) is 27.9. The molecule has 0 heterocycles. The lowest BCUT2D eigenvalue weighted by Crippen LogP contribution is -1.99. The summed E-state index contributed by atoms with van der Waals surface area (Å²) in [7, 11) is 0. The largest absolute Gasteiger partial charge is 0.507 e. The zero-order chi connectivity index (χ0) is 32.0. The van der Waals surface area contributed by atoms with Gasteiger partial charge in [-0.3, -0.25) is 9.98 Å². The average Bonchev–Trinajstić information content (AvgIpc) is 2.97. The van der Waals surface area contributed by atoms with E-state index in [1.807, 2.05) is 24.3 Å². The van der Waals surface area contributed by atoms with Crippen molar-refractivity contribution in [1.29, 1.82) is 0 Å². The predicted molar refractivity (Wildman–Crippen MR) is 189 cm³/mol. The first-order valence-corrected chi connectivity index (χ1v) is 16.2. The minimum absolute atomic E-state index is 0.196. The Kier molecular flexibility index (Phi) is 11.0. The van der Waals surface area contributed by atoms with Crippen molar-refractivity contribution in [3.63, 3.8) is 0 Å². The van der Waals surface area contributed by atoms with Gasteiger partial charge in [0.25, 0.3) is 0 Å². The molecule has 232 valence electrons. The van der Waals surface area contributed by atoms with Gasteiger partial charge >= 0.3 is 0 Å². The molecule has 4 nitrogen and oxygen atoms in total. The monoisotopic (exact) mass is 590 g/mol. The number of rotatable bonds is 12. The van der Waals surface area contributed by atoms with Crippen LogP contribution in [0.4, 0.5) is 11.4 Å². The second kappa shape index (κ2) is 14.7. The summed E-state index contributed by atoms with van der Waals surface area (Å²) in [6.07, 6.45) is 7.64. The third-order valence-electron chi connectivity index (χ3n) is 8.25. The van der Waals surface area contributed by atoms with E-state index < -0.39 is 0 Å². The van der Waals surface area contributed by atoms with Crippen molar-refractivity contribution in [3.8, 4) is 11.5 Å². The fourth-order valence-electron chi connectivity index (χ4n) is 5.47. The van der Waals surface area contributed by atoms with E-state index in [0.29, 0.717) is 23.2 Å². The highest BCUT2D eigenvalue weighted by Gasteiger charge is 2.15. The number of phenolic OH excluding ortho intramolecular Hbond substituents is 2. The molecule has 4 rings (SSSR count). The summed E-state index contributed by atoms with van der Waals surface area (Å²) in [4.78, 5) is 9.82. The lowest BCUT2D eigenvalue weighted by Gasteiger charge is -2.15. The van der Waals surface area contributed by atoms with E-state index in [2.05, 4.69) is 91.8 Å². The van der Waals surface area contributed by atoms with Gasteiger partial charge in [0.1, 0.15) is 11.5 Å². The van der Waals surface area contributed by atoms with Gasteiger partial charge in [-0.1, -0.05) is 91.8 Å². The Morgan fingerprint density at radius 3 is 1.30 bits per heavy atom. The van der Waals surface area contributed by atoms with Crippen LogP contribution in [-0.2, 0) is 12.8 Å². The maximum atomic E-state index is 11.2. The molecule has 0 aliphatic rings. The van der Waals surface area contributed by atoms with Crippen LogP contribution in [0.2, 0.25) is 0 Å². The van der Waals surface area contributed by atoms with Crippen molar-refractivity contribution in [2.75, 3.05) is 0 Å². The third kappa shape index (κ3) is 8.37. The van der Waals surface area contributed by atoms with E-state index in [9.17, 15) is 10.2 Å². The van der Waals surface area contributed by atoms with Crippen molar-refractivity contribution < 1.29 is 10.2 Å². The molecule has 2 N–H and O–H groups in total. The zero-order valence-corrected chi connectivity index (χ0v) is 27.9. The third-order valence-corrected chi connectivity index (χ3v) is 8.25. The number of aliphatic imine (C=N–C) groups is 2. The van der Waals surface area contributed by atoms with Crippen LogP contribution in [0.3, 0.4) is 0 Å². The van der Waals surface area contributed by atoms with Crippen LogP contribution in [0, 0.1) is 11.8 Å². The summed E-state index contributed by atoms with van der Waals surface area (Å²) in [6.45, 7) is 17.4. The number of aryl methyl sites for hydroxylation is 2. The van der Waals surface area contributed by atoms with E-state index in [-0.39, 0.29) is 23.3 Å². The van der Waals surface area contributed by atoms with E-state index in [0.717, 1.165) is 58.7 Å². The molecule has 0 bridgehead atoms. The van der Waals surface area contributed by atoms with Gasteiger partial charge in [0.05, 0.1) is 11.4 Å². The topological polar surface area (TPSA) is 65.2 Å². The number of hydrogen-bond donors (Lipinski definition) is 2. The number of phenols is 2. The quantitative estimate of drug-likeness (QED) is 0.161. The normalized spacial score (nSPS) is 12.4. The van der Waals surface area contributed by atoms with Crippen molar-refractivity contribution >= 4 is 34.6 Å². The smallest absolute Gasteiger partial charge is 0.127 e. The molecule has 0 fully saturated rings. The first-order chi connectivity index (χ1) is 20.9. The molecule has 0 radical (unpaired) electrons. The molecule has 0 saturated heterocycles. The van der Waals surface area contributed by atoms with Crippen LogP contribution in [0.5, 0.6) is 11.5 Å². The molecule has 0 aliphatic carbocycles. The number of nitrogens with zero attached hydrogens (tertiary/aromatic N) is 2. The van der Waals surface area contributed by atoms with Crippen molar-refractivity contribution in [2.24, 2.45) is 21.8 Å². The second-order valence-corrected chi connectivity index (χ2v) is 13.6. The molecule has 0 saturated carbocycles. The van der Waals surface area contributed by atoms with E-state index in [1.165, 1.54) is 11.1 Å². The molecule has 0 aromatic heterocycles. The fraction of sp³-hybridized carbons (Fsp3) is 0.400. The average molecular weight is 591 g/mol. The summed E-state index contributed by atoms with van der Waals surface area (Å²) in [6, 6.07) is 20.7. The highest BCUT2D eigenvalue weighted by atomic mass is 16.3. The molecule has 0 unspecified atom stereocenters. The molecular formula is C40H50N2O2. The Labute approximate surface area is 264 Å². The molecule has 4 aromatic carbocycles. The lowest BCUT2D eigenvalue weighted by atomic mass is 9.93. The molecule has 4 aromatic rings. The Morgan fingerprint density at radius 2 is 0.955 bits per heavy atom. The van der Waals surface area contributed by atoms with Crippen molar-refractivity contribution in [1.82, 2.24) is 0 Å². The second-order valence-electron chi connectivity index (χ2n) is 13.6. The Hall–Kier alpha value is -3.92. The highest BCUT2D eigenvalue weighted by Crippen LogP contribution is 2.36. The first kappa shape index (κ1) is 33.0. The van der Waals surface area contributed by atoms with Crippen LogP contribution in [-0.4, -0.2) is 22.6 Å². The first-order valence-electron chi connectivity index (χ1n) is 16.2. The summed E-state index contributed by atoms with van der Waals surface area (Å²) in [5.41, 5.74) is 7.16. The van der Waals surface area contributed by atoms with Crippen LogP contribution in [0.1, 0.15) is 113 Å². The minimum Gasteiger partial charge on any atom is -0.507 e. The molecular weight excluding hydrogens is 540 g/mol. The van der Waals surface area contributed by atoms with Gasteiger partial charge < -0.3 is 10.2 Å². The Balaban J connectivity index is 1.79. The molecule has 0 atom stereocenters. The molecule has 4 heteroatoms. The van der Waals surface area contributed by atoms with Gasteiger partial charge in [-0.25, -0.2) is 0 Å². The summed E-state index contributed by atoms with van der Waals surface area (Å²) in [5.74, 6) is 2.17.